The van der Waals surface area contributed by atoms with Crippen molar-refractivity contribution in [3.8, 4) is 0 Å². The SMILES string of the molecule is CCCCc1ccc2ccccc2c1CCCC.[Na]. The van der Waals surface area contributed by atoms with E-state index in [1.807, 2.05) is 0 Å². The molecule has 1 heteroatoms. The van der Waals surface area contributed by atoms with Crippen LogP contribution in [0.2, 0.25) is 0 Å². The minimum absolute atomic E-state index is 0. The van der Waals surface area contributed by atoms with Gasteiger partial charge in [-0.25, -0.2) is 0 Å². The van der Waals surface area contributed by atoms with Crippen molar-refractivity contribution in [1.29, 1.82) is 0 Å². The molecule has 0 N–H and O–H groups in total. The number of fused-ring (bicyclic) bond motifs is 1. The molecule has 0 fully saturated rings. The third-order valence-electron chi connectivity index (χ3n) is 3.72. The summed E-state index contributed by atoms with van der Waals surface area (Å²) >= 11 is 0. The van der Waals surface area contributed by atoms with Gasteiger partial charge in [0.2, 0.25) is 0 Å². The maximum Gasteiger partial charge on any atom is 0 e. The van der Waals surface area contributed by atoms with Gasteiger partial charge >= 0.3 is 0 Å². The molecule has 0 spiro atoms. The summed E-state index contributed by atoms with van der Waals surface area (Å²) in [5.74, 6) is 0. The van der Waals surface area contributed by atoms with Crippen LogP contribution in [-0.4, -0.2) is 29.6 Å². The van der Waals surface area contributed by atoms with E-state index in [9.17, 15) is 0 Å². The molecule has 1 radical (unpaired) electrons. The van der Waals surface area contributed by atoms with E-state index in [-0.39, 0.29) is 29.6 Å². The van der Waals surface area contributed by atoms with E-state index in [0.29, 0.717) is 0 Å². The van der Waals surface area contributed by atoms with Crippen LogP contribution in [0.5, 0.6) is 0 Å². The Morgan fingerprint density at radius 3 is 2.21 bits per heavy atom. The molecule has 0 aliphatic carbocycles. The van der Waals surface area contributed by atoms with Crippen molar-refractivity contribution < 1.29 is 0 Å². The topological polar surface area (TPSA) is 0 Å². The molecule has 2 rings (SSSR count). The zero-order valence-electron chi connectivity index (χ0n) is 12.7. The third kappa shape index (κ3) is 4.34. The molecule has 0 saturated heterocycles. The van der Waals surface area contributed by atoms with Crippen molar-refractivity contribution in [2.75, 3.05) is 0 Å². The summed E-state index contributed by atoms with van der Waals surface area (Å²) in [5, 5.41) is 2.86. The van der Waals surface area contributed by atoms with E-state index in [4.69, 9.17) is 0 Å². The molecule has 0 unspecified atom stereocenters. The summed E-state index contributed by atoms with van der Waals surface area (Å²) < 4.78 is 0. The van der Waals surface area contributed by atoms with Gasteiger partial charge in [0.25, 0.3) is 0 Å². The number of hydrogen-bond donors (Lipinski definition) is 0. The predicted molar refractivity (Wildman–Crippen MR) is 86.9 cm³/mol. The fraction of sp³-hybridized carbons (Fsp3) is 0.444. The van der Waals surface area contributed by atoms with Gasteiger partial charge in [0.1, 0.15) is 0 Å². The van der Waals surface area contributed by atoms with Crippen molar-refractivity contribution in [2.24, 2.45) is 0 Å². The molecule has 0 bridgehead atoms. The molecule has 0 aliphatic heterocycles. The average molecular weight is 263 g/mol. The summed E-state index contributed by atoms with van der Waals surface area (Å²) in [5.41, 5.74) is 3.17. The van der Waals surface area contributed by atoms with Crippen LogP contribution in [0, 0.1) is 0 Å². The molecule has 0 nitrogen and oxygen atoms in total. The largest absolute Gasteiger partial charge is 0.0654 e. The van der Waals surface area contributed by atoms with Gasteiger partial charge in [0.15, 0.2) is 0 Å². The first-order valence-corrected chi connectivity index (χ1v) is 7.36. The summed E-state index contributed by atoms with van der Waals surface area (Å²) in [7, 11) is 0. The van der Waals surface area contributed by atoms with Gasteiger partial charge in [-0.1, -0.05) is 63.1 Å². The van der Waals surface area contributed by atoms with E-state index in [1.54, 1.807) is 11.1 Å². The minimum Gasteiger partial charge on any atom is -0.0654 e. The van der Waals surface area contributed by atoms with Gasteiger partial charge in [-0.15, -0.1) is 0 Å². The van der Waals surface area contributed by atoms with Crippen LogP contribution in [0.15, 0.2) is 36.4 Å². The number of benzene rings is 2. The van der Waals surface area contributed by atoms with Gasteiger partial charge < -0.3 is 0 Å². The second kappa shape index (κ2) is 8.79. The third-order valence-corrected chi connectivity index (χ3v) is 3.72. The molecular formula is C18H24Na. The van der Waals surface area contributed by atoms with Gasteiger partial charge in [-0.3, -0.25) is 0 Å². The number of hydrogen-bond acceptors (Lipinski definition) is 0. The fourth-order valence-corrected chi connectivity index (χ4v) is 2.63. The van der Waals surface area contributed by atoms with Crippen molar-refractivity contribution in [2.45, 2.75) is 52.4 Å². The molecule has 0 atom stereocenters. The zero-order valence-corrected chi connectivity index (χ0v) is 14.7. The van der Waals surface area contributed by atoms with Crippen molar-refractivity contribution in [1.82, 2.24) is 0 Å². The van der Waals surface area contributed by atoms with Crippen molar-refractivity contribution in [3.05, 3.63) is 47.5 Å². The summed E-state index contributed by atoms with van der Waals surface area (Å²) in [6, 6.07) is 13.5. The molecule has 0 aromatic heterocycles. The summed E-state index contributed by atoms with van der Waals surface area (Å²) in [6.07, 6.45) is 7.62. The van der Waals surface area contributed by atoms with E-state index in [1.165, 1.54) is 49.3 Å². The zero-order chi connectivity index (χ0) is 12.8. The molecule has 0 saturated carbocycles. The normalized spacial score (nSPS) is 10.4. The molecule has 19 heavy (non-hydrogen) atoms. The monoisotopic (exact) mass is 263 g/mol. The Morgan fingerprint density at radius 1 is 0.789 bits per heavy atom. The average Bonchev–Trinajstić information content (AvgIpc) is 2.43. The van der Waals surface area contributed by atoms with E-state index in [0.717, 1.165) is 0 Å². The van der Waals surface area contributed by atoms with Crippen LogP contribution in [0.4, 0.5) is 0 Å². The smallest absolute Gasteiger partial charge is 0 e. The minimum atomic E-state index is 0. The van der Waals surface area contributed by atoms with E-state index in [2.05, 4.69) is 50.2 Å². The van der Waals surface area contributed by atoms with Crippen molar-refractivity contribution in [3.63, 3.8) is 0 Å². The van der Waals surface area contributed by atoms with Crippen molar-refractivity contribution >= 4 is 40.3 Å². The Bertz CT molecular complexity index is 502. The Hall–Kier alpha value is -0.300. The predicted octanol–water partition coefficient (Wildman–Crippen LogP) is 5.14. The first-order chi connectivity index (χ1) is 8.86. The standard InChI is InChI=1S/C18H24.Na/c1-3-5-9-15-13-14-16-10-7-8-12-18(16)17(15)11-6-4-2;/h7-8,10,12-14H,3-6,9,11H2,1-2H3;. The Labute approximate surface area is 139 Å². The second-order valence-electron chi connectivity index (χ2n) is 5.13. The van der Waals surface area contributed by atoms with E-state index >= 15 is 0 Å². The van der Waals surface area contributed by atoms with Crippen LogP contribution in [-0.2, 0) is 12.8 Å². The van der Waals surface area contributed by atoms with Gasteiger partial charge in [-0.05, 0) is 47.6 Å². The molecule has 0 heterocycles. The first kappa shape index (κ1) is 16.8. The second-order valence-corrected chi connectivity index (χ2v) is 5.13. The van der Waals surface area contributed by atoms with Crippen LogP contribution in [0.3, 0.4) is 0 Å². The number of unbranched alkanes of at least 4 members (excludes halogenated alkanes) is 2. The molecule has 97 valence electrons. The Kier molecular flexibility index (Phi) is 7.75. The fourth-order valence-electron chi connectivity index (χ4n) is 2.63. The molecular weight excluding hydrogens is 239 g/mol. The van der Waals surface area contributed by atoms with Crippen LogP contribution >= 0.6 is 0 Å². The number of aryl methyl sites for hydroxylation is 2. The molecule has 2 aromatic rings. The molecule has 0 aliphatic rings. The van der Waals surface area contributed by atoms with Crippen LogP contribution in [0.1, 0.15) is 50.7 Å². The maximum atomic E-state index is 2.35. The van der Waals surface area contributed by atoms with Gasteiger partial charge in [0.05, 0.1) is 0 Å². The Morgan fingerprint density at radius 2 is 1.47 bits per heavy atom. The van der Waals surface area contributed by atoms with Gasteiger partial charge in [0, 0.05) is 29.6 Å². The molecule has 2 aromatic carbocycles. The summed E-state index contributed by atoms with van der Waals surface area (Å²) in [6.45, 7) is 4.55. The van der Waals surface area contributed by atoms with E-state index < -0.39 is 0 Å². The first-order valence-electron chi connectivity index (χ1n) is 7.36. The summed E-state index contributed by atoms with van der Waals surface area (Å²) in [4.78, 5) is 0. The van der Waals surface area contributed by atoms with Crippen LogP contribution < -0.4 is 0 Å². The maximum absolute atomic E-state index is 2.35. The molecule has 0 amide bonds. The number of rotatable bonds is 6. The van der Waals surface area contributed by atoms with Crippen LogP contribution in [0.25, 0.3) is 10.8 Å². The van der Waals surface area contributed by atoms with Gasteiger partial charge in [-0.2, -0.15) is 0 Å². The quantitative estimate of drug-likeness (QED) is 0.633. The Balaban J connectivity index is 0.00000180.